The Kier molecular flexibility index (Phi) is 5.30. The van der Waals surface area contributed by atoms with Crippen LogP contribution < -0.4 is 5.73 Å². The molecule has 0 fully saturated rings. The Bertz CT molecular complexity index is 1080. The lowest BCUT2D eigenvalue weighted by Crippen LogP contribution is -2.13. The smallest absolute Gasteiger partial charge is 0.125 e. The van der Waals surface area contributed by atoms with Crippen molar-refractivity contribution in [3.8, 4) is 22.3 Å². The number of hydrogen-bond acceptors (Lipinski definition) is 1. The molecule has 4 rings (SSSR count). The first-order valence-corrected chi connectivity index (χ1v) is 9.40. The monoisotopic (exact) mass is 362 g/mol. The molecule has 4 aromatic carbocycles. The second kappa shape index (κ2) is 8.36. The van der Waals surface area contributed by atoms with Crippen molar-refractivity contribution >= 4 is 5.84 Å². The normalized spacial score (nSPS) is 11.4. The molecule has 4 aromatic rings. The predicted molar refractivity (Wildman–Crippen MR) is 118 cm³/mol. The van der Waals surface area contributed by atoms with Gasteiger partial charge in [-0.2, -0.15) is 0 Å². The molecule has 0 amide bonds. The Morgan fingerprint density at radius 3 is 1.82 bits per heavy atom. The lowest BCUT2D eigenvalue weighted by Gasteiger charge is -2.08. The molecule has 0 spiro atoms. The lowest BCUT2D eigenvalue weighted by atomic mass is 9.98. The Balaban J connectivity index is 1.58. The van der Waals surface area contributed by atoms with E-state index in [9.17, 15) is 0 Å². The second-order valence-corrected chi connectivity index (χ2v) is 6.71. The van der Waals surface area contributed by atoms with Crippen molar-refractivity contribution in [1.29, 1.82) is 0 Å². The van der Waals surface area contributed by atoms with Gasteiger partial charge in [-0.25, -0.2) is 0 Å². The fraction of sp³-hybridized carbons (Fsp3) is 0.0385. The molecule has 2 nitrogen and oxygen atoms in total. The van der Waals surface area contributed by atoms with Gasteiger partial charge in [0.15, 0.2) is 0 Å². The Labute approximate surface area is 166 Å². The van der Waals surface area contributed by atoms with Crippen molar-refractivity contribution in [1.82, 2.24) is 0 Å². The summed E-state index contributed by atoms with van der Waals surface area (Å²) in [5.74, 6) is 0.567. The van der Waals surface area contributed by atoms with Crippen molar-refractivity contribution in [3.63, 3.8) is 0 Å². The molecule has 0 radical (unpaired) electrons. The Morgan fingerprint density at radius 1 is 0.571 bits per heavy atom. The maximum Gasteiger partial charge on any atom is 0.125 e. The first-order valence-electron chi connectivity index (χ1n) is 9.40. The van der Waals surface area contributed by atoms with Gasteiger partial charge in [0.2, 0.25) is 0 Å². The summed E-state index contributed by atoms with van der Waals surface area (Å²) in [5.41, 5.74) is 13.0. The summed E-state index contributed by atoms with van der Waals surface area (Å²) in [5, 5.41) is 0. The van der Waals surface area contributed by atoms with Crippen LogP contribution in [0.4, 0.5) is 0 Å². The molecule has 0 aromatic heterocycles. The summed E-state index contributed by atoms with van der Waals surface area (Å²) in [6.07, 6.45) is 0. The maximum absolute atomic E-state index is 6.13. The minimum absolute atomic E-state index is 0.562. The molecular formula is C26H22N2. The molecule has 0 unspecified atom stereocenters. The summed E-state index contributed by atoms with van der Waals surface area (Å²) in [7, 11) is 0. The Morgan fingerprint density at radius 2 is 1.11 bits per heavy atom. The van der Waals surface area contributed by atoms with Gasteiger partial charge in [0, 0.05) is 5.56 Å². The zero-order valence-electron chi connectivity index (χ0n) is 15.6. The summed E-state index contributed by atoms with van der Waals surface area (Å²) < 4.78 is 0. The molecule has 0 aliphatic heterocycles. The van der Waals surface area contributed by atoms with Gasteiger partial charge in [-0.05, 0) is 39.9 Å². The molecule has 0 aliphatic carbocycles. The lowest BCUT2D eigenvalue weighted by molar-refractivity contribution is 1.06. The number of rotatable bonds is 5. The van der Waals surface area contributed by atoms with Crippen LogP contribution in [0.2, 0.25) is 0 Å². The standard InChI is InChI=1S/C26H22N2/c27-26(22-12-5-2-6-13-22)28-19-20-9-7-14-23(17-20)25-16-8-15-24(18-25)21-10-3-1-4-11-21/h1-18H,19H2,(H2,27,28). The zero-order valence-corrected chi connectivity index (χ0v) is 15.6. The van der Waals surface area contributed by atoms with E-state index >= 15 is 0 Å². The molecule has 2 heteroatoms. The fourth-order valence-corrected chi connectivity index (χ4v) is 3.23. The molecule has 0 aliphatic rings. The largest absolute Gasteiger partial charge is 0.383 e. The molecular weight excluding hydrogens is 340 g/mol. The van der Waals surface area contributed by atoms with E-state index in [0.717, 1.165) is 11.1 Å². The highest BCUT2D eigenvalue weighted by Crippen LogP contribution is 2.27. The van der Waals surface area contributed by atoms with Crippen molar-refractivity contribution in [2.45, 2.75) is 6.54 Å². The predicted octanol–water partition coefficient (Wildman–Crippen LogP) is 5.93. The molecule has 0 saturated carbocycles. The number of aliphatic imine (C=N–C) groups is 1. The van der Waals surface area contributed by atoms with Gasteiger partial charge in [-0.1, -0.05) is 97.1 Å². The Hall–Kier alpha value is -3.65. The van der Waals surface area contributed by atoms with Crippen molar-refractivity contribution in [2.75, 3.05) is 0 Å². The average molecular weight is 362 g/mol. The van der Waals surface area contributed by atoms with Crippen LogP contribution in [0.5, 0.6) is 0 Å². The number of nitrogens with zero attached hydrogens (tertiary/aromatic N) is 1. The van der Waals surface area contributed by atoms with E-state index in [4.69, 9.17) is 5.73 Å². The maximum atomic E-state index is 6.13. The third-order valence-corrected chi connectivity index (χ3v) is 4.73. The van der Waals surface area contributed by atoms with Crippen molar-refractivity contribution in [3.05, 3.63) is 120 Å². The number of benzene rings is 4. The topological polar surface area (TPSA) is 38.4 Å². The van der Waals surface area contributed by atoms with E-state index in [1.807, 2.05) is 36.4 Å². The highest BCUT2D eigenvalue weighted by molar-refractivity contribution is 5.97. The van der Waals surface area contributed by atoms with E-state index in [2.05, 4.69) is 77.8 Å². The minimum Gasteiger partial charge on any atom is -0.383 e. The fourth-order valence-electron chi connectivity index (χ4n) is 3.23. The molecule has 0 bridgehead atoms. The summed E-state index contributed by atoms with van der Waals surface area (Å²) in [6.45, 7) is 0.562. The van der Waals surface area contributed by atoms with Gasteiger partial charge in [-0.15, -0.1) is 0 Å². The van der Waals surface area contributed by atoms with Gasteiger partial charge in [0.05, 0.1) is 6.54 Å². The second-order valence-electron chi connectivity index (χ2n) is 6.71. The van der Waals surface area contributed by atoms with Gasteiger partial charge < -0.3 is 5.73 Å². The van der Waals surface area contributed by atoms with Crippen molar-refractivity contribution in [2.24, 2.45) is 10.7 Å². The first-order chi connectivity index (χ1) is 13.8. The van der Waals surface area contributed by atoms with E-state index in [0.29, 0.717) is 12.4 Å². The summed E-state index contributed by atoms with van der Waals surface area (Å²) in [4.78, 5) is 4.56. The number of hydrogen-bond donors (Lipinski definition) is 1. The van der Waals surface area contributed by atoms with Crippen LogP contribution in [0.3, 0.4) is 0 Å². The quantitative estimate of drug-likeness (QED) is 0.347. The van der Waals surface area contributed by atoms with E-state index < -0.39 is 0 Å². The first kappa shape index (κ1) is 17.7. The average Bonchev–Trinajstić information content (AvgIpc) is 2.79. The van der Waals surface area contributed by atoms with Crippen LogP contribution in [-0.4, -0.2) is 5.84 Å². The van der Waals surface area contributed by atoms with Gasteiger partial charge >= 0.3 is 0 Å². The van der Waals surface area contributed by atoms with E-state index in [1.165, 1.54) is 22.3 Å². The molecule has 2 N–H and O–H groups in total. The van der Waals surface area contributed by atoms with Gasteiger partial charge in [0.25, 0.3) is 0 Å². The SMILES string of the molecule is NC(=NCc1cccc(-c2cccc(-c3ccccc3)c2)c1)c1ccccc1. The van der Waals surface area contributed by atoms with Crippen LogP contribution in [0.25, 0.3) is 22.3 Å². The van der Waals surface area contributed by atoms with Crippen LogP contribution in [0.1, 0.15) is 11.1 Å². The zero-order chi connectivity index (χ0) is 19.2. The molecule has 28 heavy (non-hydrogen) atoms. The van der Waals surface area contributed by atoms with Crippen LogP contribution >= 0.6 is 0 Å². The van der Waals surface area contributed by atoms with E-state index in [-0.39, 0.29) is 0 Å². The minimum atomic E-state index is 0.562. The van der Waals surface area contributed by atoms with Crippen molar-refractivity contribution < 1.29 is 0 Å². The number of nitrogens with two attached hydrogens (primary N) is 1. The molecule has 136 valence electrons. The summed E-state index contributed by atoms with van der Waals surface area (Å²) >= 11 is 0. The third-order valence-electron chi connectivity index (χ3n) is 4.73. The highest BCUT2D eigenvalue weighted by Gasteiger charge is 2.03. The molecule has 0 atom stereocenters. The van der Waals surface area contributed by atoms with Gasteiger partial charge in [0.1, 0.15) is 5.84 Å². The molecule has 0 heterocycles. The van der Waals surface area contributed by atoms with Gasteiger partial charge in [-0.3, -0.25) is 4.99 Å². The summed E-state index contributed by atoms with van der Waals surface area (Å²) in [6, 6.07) is 37.4. The highest BCUT2D eigenvalue weighted by atomic mass is 14.8. The van der Waals surface area contributed by atoms with Crippen LogP contribution in [0.15, 0.2) is 114 Å². The van der Waals surface area contributed by atoms with Crippen LogP contribution in [0, 0.1) is 0 Å². The van der Waals surface area contributed by atoms with E-state index in [1.54, 1.807) is 0 Å². The third kappa shape index (κ3) is 4.18. The number of amidine groups is 1. The van der Waals surface area contributed by atoms with Crippen LogP contribution in [-0.2, 0) is 6.54 Å². The molecule has 0 saturated heterocycles.